The number of aromatic nitrogens is 2. The van der Waals surface area contributed by atoms with Crippen molar-refractivity contribution in [3.8, 4) is 11.3 Å². The summed E-state index contributed by atoms with van der Waals surface area (Å²) in [5.74, 6) is 2.01. The number of halogens is 1. The number of nitrogens with zero attached hydrogens (tertiary/aromatic N) is 1. The van der Waals surface area contributed by atoms with E-state index in [2.05, 4.69) is 27.8 Å². The molecule has 110 valence electrons. The van der Waals surface area contributed by atoms with Crippen molar-refractivity contribution in [3.63, 3.8) is 0 Å². The summed E-state index contributed by atoms with van der Waals surface area (Å²) in [4.78, 5) is 19.9. The van der Waals surface area contributed by atoms with Crippen LogP contribution in [0.3, 0.4) is 0 Å². The highest BCUT2D eigenvalue weighted by Crippen LogP contribution is 2.34. The number of rotatable bonds is 2. The second kappa shape index (κ2) is 6.14. The van der Waals surface area contributed by atoms with Crippen LogP contribution in [0, 0.1) is 5.92 Å². The third kappa shape index (κ3) is 3.10. The quantitative estimate of drug-likeness (QED) is 0.870. The molecule has 0 bridgehead atoms. The third-order valence-corrected chi connectivity index (χ3v) is 5.07. The van der Waals surface area contributed by atoms with E-state index in [1.165, 1.54) is 12.8 Å². The van der Waals surface area contributed by atoms with Crippen molar-refractivity contribution in [2.75, 3.05) is 0 Å². The van der Waals surface area contributed by atoms with E-state index in [0.717, 1.165) is 35.8 Å². The molecular weight excluding hydrogens is 328 g/mol. The van der Waals surface area contributed by atoms with Crippen LogP contribution in [-0.2, 0) is 0 Å². The average molecular weight is 347 g/mol. The Morgan fingerprint density at radius 1 is 1.14 bits per heavy atom. The smallest absolute Gasteiger partial charge is 0.265 e. The lowest BCUT2D eigenvalue weighted by Crippen LogP contribution is -2.19. The lowest BCUT2D eigenvalue weighted by atomic mass is 9.82. The monoisotopic (exact) mass is 346 g/mol. The number of hydrogen-bond acceptors (Lipinski definition) is 2. The number of hydrogen-bond donors (Lipinski definition) is 1. The highest BCUT2D eigenvalue weighted by atomic mass is 79.9. The first-order valence-electron chi connectivity index (χ1n) is 7.50. The second-order valence-corrected chi connectivity index (χ2v) is 6.73. The number of nitrogens with one attached hydrogen (secondary N) is 1. The van der Waals surface area contributed by atoms with Gasteiger partial charge in [0.15, 0.2) is 0 Å². The van der Waals surface area contributed by atoms with Gasteiger partial charge in [-0.05, 0) is 34.7 Å². The molecule has 1 aromatic heterocycles. The molecule has 4 heteroatoms. The fourth-order valence-corrected chi connectivity index (χ4v) is 3.41. The van der Waals surface area contributed by atoms with Crippen molar-refractivity contribution in [1.29, 1.82) is 0 Å². The third-order valence-electron chi connectivity index (χ3n) is 4.33. The van der Waals surface area contributed by atoms with Crippen LogP contribution >= 0.6 is 15.9 Å². The van der Waals surface area contributed by atoms with E-state index in [4.69, 9.17) is 4.98 Å². The minimum Gasteiger partial charge on any atom is -0.309 e. The summed E-state index contributed by atoms with van der Waals surface area (Å²) in [5.41, 5.74) is 1.63. The minimum atomic E-state index is -0.0857. The molecule has 2 aromatic rings. The van der Waals surface area contributed by atoms with Crippen molar-refractivity contribution in [2.45, 2.75) is 38.5 Å². The van der Waals surface area contributed by atoms with Crippen LogP contribution in [0.4, 0.5) is 0 Å². The van der Waals surface area contributed by atoms with Gasteiger partial charge in [-0.15, -0.1) is 0 Å². The molecule has 0 aliphatic heterocycles. The topological polar surface area (TPSA) is 45.8 Å². The van der Waals surface area contributed by atoms with Gasteiger partial charge in [-0.25, -0.2) is 4.98 Å². The van der Waals surface area contributed by atoms with Crippen molar-refractivity contribution < 1.29 is 0 Å². The minimum absolute atomic E-state index is 0.0857. The number of H-pyrrole nitrogens is 1. The van der Waals surface area contributed by atoms with E-state index in [1.54, 1.807) is 0 Å². The van der Waals surface area contributed by atoms with Gasteiger partial charge < -0.3 is 4.98 Å². The summed E-state index contributed by atoms with van der Waals surface area (Å²) >= 11 is 3.38. The zero-order valence-electron chi connectivity index (χ0n) is 12.1. The Hall–Kier alpha value is -1.42. The Bertz CT molecular complexity index is 673. The van der Waals surface area contributed by atoms with E-state index >= 15 is 0 Å². The van der Waals surface area contributed by atoms with Gasteiger partial charge >= 0.3 is 0 Å². The van der Waals surface area contributed by atoms with Gasteiger partial charge in [-0.2, -0.15) is 0 Å². The van der Waals surface area contributed by atoms with Crippen molar-refractivity contribution in [1.82, 2.24) is 9.97 Å². The van der Waals surface area contributed by atoms with E-state index in [-0.39, 0.29) is 5.56 Å². The SMILES string of the molecule is CC1CCC(c2nc(-c3ccccc3)c(Br)c(=O)[nH]2)CC1. The lowest BCUT2D eigenvalue weighted by Gasteiger charge is -2.25. The van der Waals surface area contributed by atoms with E-state index in [9.17, 15) is 4.79 Å². The van der Waals surface area contributed by atoms with Crippen LogP contribution in [0.1, 0.15) is 44.3 Å². The second-order valence-electron chi connectivity index (χ2n) is 5.94. The maximum absolute atomic E-state index is 12.2. The van der Waals surface area contributed by atoms with Gasteiger partial charge in [0.1, 0.15) is 10.3 Å². The van der Waals surface area contributed by atoms with Gasteiger partial charge in [0.05, 0.1) is 5.69 Å². The molecule has 0 amide bonds. The zero-order valence-corrected chi connectivity index (χ0v) is 13.7. The summed E-state index contributed by atoms with van der Waals surface area (Å²) in [7, 11) is 0. The fourth-order valence-electron chi connectivity index (χ4n) is 2.99. The Balaban J connectivity index is 2.00. The number of benzene rings is 1. The number of aromatic amines is 1. The van der Waals surface area contributed by atoms with Gasteiger partial charge in [0.2, 0.25) is 0 Å². The van der Waals surface area contributed by atoms with Gasteiger partial charge in [-0.1, -0.05) is 50.1 Å². The van der Waals surface area contributed by atoms with E-state index in [1.807, 2.05) is 30.3 Å². The van der Waals surface area contributed by atoms with Crippen LogP contribution in [0.2, 0.25) is 0 Å². The molecule has 1 aliphatic carbocycles. The zero-order chi connectivity index (χ0) is 14.8. The largest absolute Gasteiger partial charge is 0.309 e. The first-order chi connectivity index (χ1) is 10.1. The summed E-state index contributed by atoms with van der Waals surface area (Å²) in [6.45, 7) is 2.30. The molecule has 0 radical (unpaired) electrons. The first-order valence-corrected chi connectivity index (χ1v) is 8.29. The molecule has 3 rings (SSSR count). The molecule has 1 fully saturated rings. The normalized spacial score (nSPS) is 22.2. The summed E-state index contributed by atoms with van der Waals surface area (Å²) in [6, 6.07) is 9.87. The summed E-state index contributed by atoms with van der Waals surface area (Å²) < 4.78 is 0.515. The molecule has 3 nitrogen and oxygen atoms in total. The molecule has 1 N–H and O–H groups in total. The molecule has 1 heterocycles. The van der Waals surface area contributed by atoms with Crippen LogP contribution in [0.25, 0.3) is 11.3 Å². The first kappa shape index (κ1) is 14.5. The highest BCUT2D eigenvalue weighted by Gasteiger charge is 2.23. The standard InChI is InChI=1S/C17H19BrN2O/c1-11-7-9-13(10-8-11)16-19-15(14(18)17(21)20-16)12-5-3-2-4-6-12/h2-6,11,13H,7-10H2,1H3,(H,19,20,21). The maximum Gasteiger partial charge on any atom is 0.265 e. The van der Waals surface area contributed by atoms with E-state index in [0.29, 0.717) is 10.4 Å². The van der Waals surface area contributed by atoms with Crippen molar-refractivity contribution in [3.05, 3.63) is 51.0 Å². The van der Waals surface area contributed by atoms with Gasteiger partial charge in [-0.3, -0.25) is 4.79 Å². The van der Waals surface area contributed by atoms with Crippen LogP contribution < -0.4 is 5.56 Å². The molecule has 0 saturated heterocycles. The Kier molecular flexibility index (Phi) is 4.24. The molecule has 0 spiro atoms. The Morgan fingerprint density at radius 3 is 2.48 bits per heavy atom. The van der Waals surface area contributed by atoms with Crippen LogP contribution in [0.5, 0.6) is 0 Å². The molecule has 1 saturated carbocycles. The predicted octanol–water partition coefficient (Wildman–Crippen LogP) is 4.49. The average Bonchev–Trinajstić information content (AvgIpc) is 2.51. The lowest BCUT2D eigenvalue weighted by molar-refractivity contribution is 0.339. The molecular formula is C17H19BrN2O. The van der Waals surface area contributed by atoms with E-state index < -0.39 is 0 Å². The van der Waals surface area contributed by atoms with Gasteiger partial charge in [0, 0.05) is 11.5 Å². The van der Waals surface area contributed by atoms with Crippen molar-refractivity contribution in [2.24, 2.45) is 5.92 Å². The Labute approximate surface area is 133 Å². The van der Waals surface area contributed by atoms with Gasteiger partial charge in [0.25, 0.3) is 5.56 Å². The highest BCUT2D eigenvalue weighted by molar-refractivity contribution is 9.10. The molecule has 21 heavy (non-hydrogen) atoms. The summed E-state index contributed by atoms with van der Waals surface area (Å²) in [5, 5.41) is 0. The van der Waals surface area contributed by atoms with Crippen LogP contribution in [-0.4, -0.2) is 9.97 Å². The molecule has 0 unspecified atom stereocenters. The molecule has 1 aliphatic rings. The van der Waals surface area contributed by atoms with Crippen LogP contribution in [0.15, 0.2) is 39.6 Å². The predicted molar refractivity (Wildman–Crippen MR) is 88.4 cm³/mol. The maximum atomic E-state index is 12.2. The van der Waals surface area contributed by atoms with Crippen molar-refractivity contribution >= 4 is 15.9 Å². The fraction of sp³-hybridized carbons (Fsp3) is 0.412. The summed E-state index contributed by atoms with van der Waals surface area (Å²) in [6.07, 6.45) is 4.65. The molecule has 0 atom stereocenters. The Morgan fingerprint density at radius 2 is 1.81 bits per heavy atom. The molecule has 1 aromatic carbocycles.